The van der Waals surface area contributed by atoms with Crippen molar-refractivity contribution in [1.29, 1.82) is 0 Å². The van der Waals surface area contributed by atoms with E-state index in [1.807, 2.05) is 18.2 Å². The van der Waals surface area contributed by atoms with Crippen LogP contribution < -0.4 is 10.5 Å². The van der Waals surface area contributed by atoms with Gasteiger partial charge in [0.1, 0.15) is 5.75 Å². The number of nitrogens with zero attached hydrogens (tertiary/aromatic N) is 1. The van der Waals surface area contributed by atoms with Gasteiger partial charge in [-0.05, 0) is 30.2 Å². The van der Waals surface area contributed by atoms with E-state index in [0.29, 0.717) is 6.42 Å². The van der Waals surface area contributed by atoms with Crippen LogP contribution in [0.2, 0.25) is 0 Å². The summed E-state index contributed by atoms with van der Waals surface area (Å²) in [6, 6.07) is 5.59. The third-order valence-corrected chi connectivity index (χ3v) is 4.15. The van der Waals surface area contributed by atoms with Gasteiger partial charge in [-0.25, -0.2) is 0 Å². The Labute approximate surface area is 115 Å². The van der Waals surface area contributed by atoms with Gasteiger partial charge >= 0.3 is 0 Å². The van der Waals surface area contributed by atoms with Crippen LogP contribution in [0, 0.1) is 0 Å². The molecule has 1 amide bonds. The highest BCUT2D eigenvalue weighted by atomic mass is 79.9. The van der Waals surface area contributed by atoms with Crippen LogP contribution in [0.1, 0.15) is 24.4 Å². The normalized spacial score (nSPS) is 24.2. The lowest BCUT2D eigenvalue weighted by Gasteiger charge is -2.38. The van der Waals surface area contributed by atoms with Gasteiger partial charge in [0.15, 0.2) is 0 Å². The third kappa shape index (κ3) is 2.37. The predicted molar refractivity (Wildman–Crippen MR) is 73.4 cm³/mol. The molecule has 2 rings (SSSR count). The highest BCUT2D eigenvalue weighted by Crippen LogP contribution is 2.35. The molecule has 0 saturated carbocycles. The number of rotatable bonds is 2. The molecular weight excluding hydrogens is 296 g/mol. The zero-order chi connectivity index (χ0) is 13.3. The number of hydrogen-bond acceptors (Lipinski definition) is 3. The first-order chi connectivity index (χ1) is 8.54. The van der Waals surface area contributed by atoms with Crippen molar-refractivity contribution < 1.29 is 9.53 Å². The first-order valence-corrected chi connectivity index (χ1v) is 6.68. The van der Waals surface area contributed by atoms with Crippen molar-refractivity contribution in [2.45, 2.75) is 24.9 Å². The van der Waals surface area contributed by atoms with Crippen molar-refractivity contribution in [2.75, 3.05) is 14.2 Å². The predicted octanol–water partition coefficient (Wildman–Crippen LogP) is 2.08. The molecule has 1 aliphatic rings. The fraction of sp³-hybridized carbons (Fsp3) is 0.462. The fourth-order valence-electron chi connectivity index (χ4n) is 2.38. The summed E-state index contributed by atoms with van der Waals surface area (Å²) < 4.78 is 6.18. The monoisotopic (exact) mass is 312 g/mol. The number of likely N-dealkylation sites (N-methyl/N-ethyl adjacent to an activating group) is 1. The van der Waals surface area contributed by atoms with E-state index < -0.39 is 0 Å². The van der Waals surface area contributed by atoms with E-state index in [2.05, 4.69) is 15.9 Å². The van der Waals surface area contributed by atoms with Crippen molar-refractivity contribution in [2.24, 2.45) is 5.73 Å². The summed E-state index contributed by atoms with van der Waals surface area (Å²) in [7, 11) is 3.43. The second kappa shape index (κ2) is 5.28. The van der Waals surface area contributed by atoms with E-state index in [0.717, 1.165) is 22.2 Å². The molecule has 2 unspecified atom stereocenters. The summed E-state index contributed by atoms with van der Waals surface area (Å²) in [6.45, 7) is 0. The molecule has 18 heavy (non-hydrogen) atoms. The zero-order valence-electron chi connectivity index (χ0n) is 10.5. The Morgan fingerprint density at radius 3 is 2.89 bits per heavy atom. The van der Waals surface area contributed by atoms with Crippen molar-refractivity contribution in [3.63, 3.8) is 0 Å². The summed E-state index contributed by atoms with van der Waals surface area (Å²) in [5.41, 5.74) is 7.17. The van der Waals surface area contributed by atoms with Crippen LogP contribution in [0.4, 0.5) is 0 Å². The number of nitrogens with two attached hydrogens (primary N) is 1. The number of carbonyl (C=O) groups is 1. The maximum atomic E-state index is 11.8. The first-order valence-electron chi connectivity index (χ1n) is 5.89. The average Bonchev–Trinajstić information content (AvgIpc) is 2.36. The van der Waals surface area contributed by atoms with E-state index in [-0.39, 0.29) is 18.0 Å². The van der Waals surface area contributed by atoms with E-state index in [9.17, 15) is 4.79 Å². The lowest BCUT2D eigenvalue weighted by Crippen LogP contribution is -2.46. The molecule has 0 aliphatic carbocycles. The maximum Gasteiger partial charge on any atom is 0.222 e. The van der Waals surface area contributed by atoms with Gasteiger partial charge in [-0.15, -0.1) is 0 Å². The minimum atomic E-state index is -0.101. The lowest BCUT2D eigenvalue weighted by atomic mass is 9.91. The number of benzene rings is 1. The number of ether oxygens (including phenoxy) is 1. The molecule has 1 aromatic rings. The second-order valence-corrected chi connectivity index (χ2v) is 5.39. The summed E-state index contributed by atoms with van der Waals surface area (Å²) in [5.74, 6) is 0.906. The van der Waals surface area contributed by atoms with Crippen LogP contribution >= 0.6 is 15.9 Å². The topological polar surface area (TPSA) is 55.6 Å². The van der Waals surface area contributed by atoms with Crippen LogP contribution in [0.25, 0.3) is 0 Å². The molecule has 1 fully saturated rings. The van der Waals surface area contributed by atoms with Gasteiger partial charge in [0, 0.05) is 24.0 Å². The van der Waals surface area contributed by atoms with E-state index in [1.165, 1.54) is 0 Å². The van der Waals surface area contributed by atoms with Crippen LogP contribution in [-0.2, 0) is 4.79 Å². The van der Waals surface area contributed by atoms with Crippen LogP contribution in [-0.4, -0.2) is 31.0 Å². The molecule has 1 aromatic carbocycles. The standard InChI is InChI=1S/C13H17BrN2O2/c1-16-12(17)6-5-11(15)13(16)9-7-8(18-2)3-4-10(9)14/h3-4,7,11,13H,5-6,15H2,1-2H3. The van der Waals surface area contributed by atoms with Crippen molar-refractivity contribution in [3.8, 4) is 5.75 Å². The van der Waals surface area contributed by atoms with Gasteiger partial charge in [-0.3, -0.25) is 4.79 Å². The Bertz CT molecular complexity index is 464. The highest BCUT2D eigenvalue weighted by Gasteiger charge is 2.33. The van der Waals surface area contributed by atoms with Gasteiger partial charge in [0.25, 0.3) is 0 Å². The summed E-state index contributed by atoms with van der Waals surface area (Å²) in [5, 5.41) is 0. The number of piperidine rings is 1. The number of carbonyl (C=O) groups excluding carboxylic acids is 1. The Balaban J connectivity index is 2.42. The van der Waals surface area contributed by atoms with Crippen molar-refractivity contribution in [3.05, 3.63) is 28.2 Å². The molecule has 0 bridgehead atoms. The molecule has 2 atom stereocenters. The summed E-state index contributed by atoms with van der Waals surface area (Å²) in [4.78, 5) is 13.5. The molecule has 0 aromatic heterocycles. The van der Waals surface area contributed by atoms with Gasteiger partial charge < -0.3 is 15.4 Å². The smallest absolute Gasteiger partial charge is 0.222 e. The van der Waals surface area contributed by atoms with Crippen LogP contribution in [0.15, 0.2) is 22.7 Å². The van der Waals surface area contributed by atoms with E-state index >= 15 is 0 Å². The van der Waals surface area contributed by atoms with Gasteiger partial charge in [0.2, 0.25) is 5.91 Å². The molecule has 5 heteroatoms. The average molecular weight is 313 g/mol. The highest BCUT2D eigenvalue weighted by molar-refractivity contribution is 9.10. The third-order valence-electron chi connectivity index (χ3n) is 3.43. The van der Waals surface area contributed by atoms with Crippen LogP contribution in [0.5, 0.6) is 5.75 Å². The Hall–Kier alpha value is -1.07. The van der Waals surface area contributed by atoms with Crippen molar-refractivity contribution >= 4 is 21.8 Å². The number of methoxy groups -OCH3 is 1. The quantitative estimate of drug-likeness (QED) is 0.909. The number of amides is 1. The summed E-state index contributed by atoms with van der Waals surface area (Å²) in [6.07, 6.45) is 1.24. The molecular formula is C13H17BrN2O2. The molecule has 2 N–H and O–H groups in total. The molecule has 1 aliphatic heterocycles. The minimum Gasteiger partial charge on any atom is -0.497 e. The number of hydrogen-bond donors (Lipinski definition) is 1. The van der Waals surface area contributed by atoms with Gasteiger partial charge in [-0.1, -0.05) is 15.9 Å². The van der Waals surface area contributed by atoms with Gasteiger partial charge in [0.05, 0.1) is 13.2 Å². The number of halogens is 1. The molecule has 0 radical (unpaired) electrons. The molecule has 0 spiro atoms. The zero-order valence-corrected chi connectivity index (χ0v) is 12.1. The van der Waals surface area contributed by atoms with Gasteiger partial charge in [-0.2, -0.15) is 0 Å². The minimum absolute atomic E-state index is 0.0453. The molecule has 1 heterocycles. The maximum absolute atomic E-state index is 11.8. The molecule has 4 nitrogen and oxygen atoms in total. The molecule has 1 saturated heterocycles. The first kappa shape index (κ1) is 13.4. The summed E-state index contributed by atoms with van der Waals surface area (Å²) >= 11 is 3.52. The molecule has 98 valence electrons. The number of likely N-dealkylation sites (tertiary alicyclic amines) is 1. The van der Waals surface area contributed by atoms with Crippen molar-refractivity contribution in [1.82, 2.24) is 4.90 Å². The Morgan fingerprint density at radius 2 is 2.22 bits per heavy atom. The van der Waals surface area contributed by atoms with Crippen LogP contribution in [0.3, 0.4) is 0 Å². The fourth-order valence-corrected chi connectivity index (χ4v) is 2.86. The Kier molecular flexibility index (Phi) is 3.92. The largest absolute Gasteiger partial charge is 0.497 e. The van der Waals surface area contributed by atoms with E-state index in [1.54, 1.807) is 19.1 Å². The SMILES string of the molecule is COc1ccc(Br)c(C2C(N)CCC(=O)N2C)c1. The Morgan fingerprint density at radius 1 is 1.50 bits per heavy atom. The second-order valence-electron chi connectivity index (χ2n) is 4.54. The lowest BCUT2D eigenvalue weighted by molar-refractivity contribution is -0.135. The van der Waals surface area contributed by atoms with E-state index in [4.69, 9.17) is 10.5 Å².